The van der Waals surface area contributed by atoms with Crippen molar-refractivity contribution in [3.05, 3.63) is 11.8 Å². The molecule has 0 radical (unpaired) electrons. The standard InChI is InChI=1S/C12H14O5/c1-15-7-5-12(16-2)4-3-6(7)8-9(12)11(14)17-10(8)13/h5-6,8-9H,3-4H2,1-2H3. The first-order valence-corrected chi connectivity index (χ1v) is 5.70. The summed E-state index contributed by atoms with van der Waals surface area (Å²) in [5.74, 6) is -1.13. The van der Waals surface area contributed by atoms with Crippen LogP contribution in [0.5, 0.6) is 0 Å². The first kappa shape index (κ1) is 10.8. The van der Waals surface area contributed by atoms with Crippen LogP contribution in [0.3, 0.4) is 0 Å². The minimum absolute atomic E-state index is 0.0408. The highest BCUT2D eigenvalue weighted by Crippen LogP contribution is 2.55. The molecule has 0 aromatic carbocycles. The van der Waals surface area contributed by atoms with Crippen LogP contribution in [0.15, 0.2) is 11.8 Å². The largest absolute Gasteiger partial charge is 0.501 e. The van der Waals surface area contributed by atoms with Gasteiger partial charge in [-0.2, -0.15) is 0 Å². The summed E-state index contributed by atoms with van der Waals surface area (Å²) < 4.78 is 15.6. The third kappa shape index (κ3) is 1.17. The predicted octanol–water partition coefficient (Wildman–Crippen LogP) is 0.641. The number of carbonyl (C=O) groups is 2. The van der Waals surface area contributed by atoms with Gasteiger partial charge in [0, 0.05) is 13.0 Å². The lowest BCUT2D eigenvalue weighted by atomic mass is 9.59. The molecule has 2 fully saturated rings. The Kier molecular flexibility index (Phi) is 2.10. The molecule has 1 saturated carbocycles. The highest BCUT2D eigenvalue weighted by atomic mass is 16.6. The lowest BCUT2D eigenvalue weighted by Gasteiger charge is -2.47. The molecule has 0 aromatic heterocycles. The minimum atomic E-state index is -0.728. The lowest BCUT2D eigenvalue weighted by Crippen LogP contribution is -2.54. The smallest absolute Gasteiger partial charge is 0.320 e. The van der Waals surface area contributed by atoms with Crippen LogP contribution < -0.4 is 0 Å². The van der Waals surface area contributed by atoms with E-state index < -0.39 is 29.4 Å². The van der Waals surface area contributed by atoms with Gasteiger partial charge in [0.2, 0.25) is 0 Å². The highest BCUT2D eigenvalue weighted by Gasteiger charge is 2.64. The van der Waals surface area contributed by atoms with Crippen LogP contribution >= 0.6 is 0 Å². The molecule has 0 spiro atoms. The van der Waals surface area contributed by atoms with Gasteiger partial charge in [-0.15, -0.1) is 0 Å². The molecule has 0 aromatic rings. The van der Waals surface area contributed by atoms with Gasteiger partial charge in [-0.25, -0.2) is 0 Å². The van der Waals surface area contributed by atoms with Gasteiger partial charge in [0.25, 0.3) is 0 Å². The quantitative estimate of drug-likeness (QED) is 0.522. The molecule has 5 heteroatoms. The van der Waals surface area contributed by atoms with Crippen molar-refractivity contribution < 1.29 is 23.8 Å². The van der Waals surface area contributed by atoms with Crippen molar-refractivity contribution in [1.82, 2.24) is 0 Å². The number of rotatable bonds is 2. The van der Waals surface area contributed by atoms with Crippen LogP contribution in [0, 0.1) is 17.8 Å². The Hall–Kier alpha value is -1.36. The maximum Gasteiger partial charge on any atom is 0.320 e. The third-order valence-corrected chi connectivity index (χ3v) is 4.26. The zero-order chi connectivity index (χ0) is 12.2. The molecule has 17 heavy (non-hydrogen) atoms. The van der Waals surface area contributed by atoms with E-state index in [0.29, 0.717) is 0 Å². The molecule has 0 amide bonds. The summed E-state index contributed by atoms with van der Waals surface area (Å²) >= 11 is 0. The summed E-state index contributed by atoms with van der Waals surface area (Å²) in [4.78, 5) is 23.5. The fourth-order valence-corrected chi connectivity index (χ4v) is 3.46. The number of esters is 2. The van der Waals surface area contributed by atoms with Crippen LogP contribution in [0.2, 0.25) is 0 Å². The Morgan fingerprint density at radius 1 is 1.35 bits per heavy atom. The number of methoxy groups -OCH3 is 2. The summed E-state index contributed by atoms with van der Waals surface area (Å²) in [5.41, 5.74) is -0.728. The summed E-state index contributed by atoms with van der Waals surface area (Å²) in [6.45, 7) is 0. The Balaban J connectivity index is 2.13. The van der Waals surface area contributed by atoms with E-state index in [9.17, 15) is 9.59 Å². The Labute approximate surface area is 98.7 Å². The molecule has 4 aliphatic rings. The number of hydrogen-bond acceptors (Lipinski definition) is 5. The number of hydrogen-bond donors (Lipinski definition) is 0. The molecular weight excluding hydrogens is 224 g/mol. The van der Waals surface area contributed by atoms with Crippen LogP contribution in [0.4, 0.5) is 0 Å². The van der Waals surface area contributed by atoms with E-state index in [1.807, 2.05) is 6.08 Å². The Morgan fingerprint density at radius 3 is 2.76 bits per heavy atom. The maximum atomic E-state index is 11.8. The van der Waals surface area contributed by atoms with Crippen molar-refractivity contribution in [2.45, 2.75) is 18.4 Å². The zero-order valence-electron chi connectivity index (χ0n) is 9.76. The van der Waals surface area contributed by atoms with Gasteiger partial charge < -0.3 is 14.2 Å². The molecule has 1 saturated heterocycles. The molecule has 1 aliphatic heterocycles. The number of ether oxygens (including phenoxy) is 3. The summed E-state index contributed by atoms with van der Waals surface area (Å²) in [5, 5.41) is 0. The van der Waals surface area contributed by atoms with Crippen molar-refractivity contribution in [3.8, 4) is 0 Å². The lowest BCUT2D eigenvalue weighted by molar-refractivity contribution is -0.156. The number of fused-ring (bicyclic) bond motifs is 1. The molecule has 3 aliphatic carbocycles. The molecule has 0 N–H and O–H groups in total. The average Bonchev–Trinajstić information content (AvgIpc) is 2.67. The second kappa shape index (κ2) is 3.32. The fourth-order valence-electron chi connectivity index (χ4n) is 3.46. The van der Waals surface area contributed by atoms with Gasteiger partial charge in [0.15, 0.2) is 0 Å². The van der Waals surface area contributed by atoms with Crippen molar-refractivity contribution in [1.29, 1.82) is 0 Å². The van der Waals surface area contributed by atoms with E-state index >= 15 is 0 Å². The summed E-state index contributed by atoms with van der Waals surface area (Å²) in [6.07, 6.45) is 3.36. The van der Waals surface area contributed by atoms with E-state index in [1.54, 1.807) is 14.2 Å². The molecule has 4 unspecified atom stereocenters. The van der Waals surface area contributed by atoms with Crippen molar-refractivity contribution in [2.75, 3.05) is 14.2 Å². The van der Waals surface area contributed by atoms with Crippen LogP contribution in [0.25, 0.3) is 0 Å². The van der Waals surface area contributed by atoms with Gasteiger partial charge in [0.05, 0.1) is 18.8 Å². The molecular formula is C12H14O5. The number of allylic oxidation sites excluding steroid dienone is 1. The van der Waals surface area contributed by atoms with Crippen molar-refractivity contribution in [2.24, 2.45) is 17.8 Å². The van der Waals surface area contributed by atoms with Gasteiger partial charge in [0.1, 0.15) is 11.5 Å². The van der Waals surface area contributed by atoms with E-state index in [1.165, 1.54) is 0 Å². The second-order valence-electron chi connectivity index (χ2n) is 4.80. The third-order valence-electron chi connectivity index (χ3n) is 4.26. The topological polar surface area (TPSA) is 61.8 Å². The Bertz CT molecular complexity index is 427. The van der Waals surface area contributed by atoms with Crippen LogP contribution in [-0.4, -0.2) is 31.8 Å². The van der Waals surface area contributed by atoms with E-state index in [-0.39, 0.29) is 5.92 Å². The molecule has 1 heterocycles. The van der Waals surface area contributed by atoms with Gasteiger partial charge in [-0.3, -0.25) is 9.59 Å². The average molecular weight is 238 g/mol. The molecule has 4 atom stereocenters. The normalized spacial score (nSPS) is 43.2. The predicted molar refractivity (Wildman–Crippen MR) is 55.6 cm³/mol. The molecule has 92 valence electrons. The summed E-state index contributed by atoms with van der Waals surface area (Å²) in [6, 6.07) is 0. The van der Waals surface area contributed by atoms with Crippen molar-refractivity contribution in [3.63, 3.8) is 0 Å². The van der Waals surface area contributed by atoms with Crippen LogP contribution in [0.1, 0.15) is 12.8 Å². The SMILES string of the molecule is COC1=CC2(OC)CCC1C1C(=O)OC(=O)C12. The van der Waals surface area contributed by atoms with E-state index in [4.69, 9.17) is 14.2 Å². The molecule has 2 bridgehead atoms. The van der Waals surface area contributed by atoms with Crippen molar-refractivity contribution >= 4 is 11.9 Å². The maximum absolute atomic E-state index is 11.8. The first-order chi connectivity index (χ1) is 8.13. The van der Waals surface area contributed by atoms with Gasteiger partial charge in [-0.05, 0) is 18.9 Å². The van der Waals surface area contributed by atoms with Gasteiger partial charge >= 0.3 is 11.9 Å². The minimum Gasteiger partial charge on any atom is -0.501 e. The van der Waals surface area contributed by atoms with Gasteiger partial charge in [-0.1, -0.05) is 0 Å². The zero-order valence-corrected chi connectivity index (χ0v) is 9.76. The molecule has 5 nitrogen and oxygen atoms in total. The second-order valence-corrected chi connectivity index (χ2v) is 4.80. The Morgan fingerprint density at radius 2 is 2.12 bits per heavy atom. The fraction of sp³-hybridized carbons (Fsp3) is 0.667. The molecule has 4 rings (SSSR count). The van der Waals surface area contributed by atoms with Crippen LogP contribution in [-0.2, 0) is 23.8 Å². The number of carbonyl (C=O) groups excluding carboxylic acids is 2. The summed E-state index contributed by atoms with van der Waals surface area (Å²) in [7, 11) is 3.13. The number of cyclic esters (lactones) is 2. The van der Waals surface area contributed by atoms with E-state index in [0.717, 1.165) is 18.6 Å². The first-order valence-electron chi connectivity index (χ1n) is 5.70. The highest BCUT2D eigenvalue weighted by molar-refractivity contribution is 5.98. The van der Waals surface area contributed by atoms with E-state index in [2.05, 4.69) is 0 Å². The monoisotopic (exact) mass is 238 g/mol.